The predicted molar refractivity (Wildman–Crippen MR) is 87.8 cm³/mol. The molecule has 4 heteroatoms. The zero-order valence-corrected chi connectivity index (χ0v) is 13.4. The maximum absolute atomic E-state index is 12.6. The molecule has 1 aromatic carbocycles. The summed E-state index contributed by atoms with van der Waals surface area (Å²) in [7, 11) is 0. The first-order valence-corrected chi connectivity index (χ1v) is 7.81. The van der Waals surface area contributed by atoms with E-state index in [2.05, 4.69) is 47.5 Å². The van der Waals surface area contributed by atoms with Crippen LogP contribution in [-0.4, -0.2) is 36.5 Å². The quantitative estimate of drug-likeness (QED) is 0.911. The lowest BCUT2D eigenvalue weighted by Gasteiger charge is -2.30. The summed E-state index contributed by atoms with van der Waals surface area (Å²) in [6, 6.07) is 11.1. The first-order valence-electron chi connectivity index (χ1n) is 7.81. The first kappa shape index (κ1) is 16.3. The minimum Gasteiger partial charge on any atom is -0.342 e. The first-order chi connectivity index (χ1) is 9.74. The minimum absolute atomic E-state index is 0. The molecular weight excluding hydrogens is 284 g/mol. The van der Waals surface area contributed by atoms with Gasteiger partial charge in [-0.15, -0.1) is 12.4 Å². The van der Waals surface area contributed by atoms with Gasteiger partial charge >= 0.3 is 0 Å². The number of carbonyl (C=O) groups is 1. The third kappa shape index (κ3) is 3.78. The molecular formula is C17H25ClN2O. The van der Waals surface area contributed by atoms with Crippen molar-refractivity contribution in [1.82, 2.24) is 10.2 Å². The lowest BCUT2D eigenvalue weighted by atomic mass is 9.92. The molecule has 1 N–H and O–H groups in total. The third-order valence-electron chi connectivity index (χ3n) is 4.74. The Morgan fingerprint density at radius 1 is 1.24 bits per heavy atom. The number of piperidine rings is 1. The number of likely N-dealkylation sites (tertiary alicyclic amines) is 1. The highest BCUT2D eigenvalue weighted by Crippen LogP contribution is 2.29. The SMILES string of the molecule is C[C@H]1C[C@@H](C(=O)N2CCC(c3ccccc3)C2)CCN1.Cl. The molecule has 3 atom stereocenters. The highest BCUT2D eigenvalue weighted by Gasteiger charge is 2.33. The monoisotopic (exact) mass is 308 g/mol. The van der Waals surface area contributed by atoms with E-state index in [-0.39, 0.29) is 18.3 Å². The van der Waals surface area contributed by atoms with Crippen molar-refractivity contribution in [2.24, 2.45) is 5.92 Å². The van der Waals surface area contributed by atoms with E-state index in [0.29, 0.717) is 17.9 Å². The van der Waals surface area contributed by atoms with Crippen LogP contribution in [0.25, 0.3) is 0 Å². The molecule has 2 aliphatic rings. The number of nitrogens with one attached hydrogen (secondary N) is 1. The summed E-state index contributed by atoms with van der Waals surface area (Å²) in [5.41, 5.74) is 1.38. The minimum atomic E-state index is 0. The molecule has 0 radical (unpaired) electrons. The lowest BCUT2D eigenvalue weighted by molar-refractivity contribution is -0.135. The molecule has 3 rings (SSSR count). The van der Waals surface area contributed by atoms with Gasteiger partial charge in [0.15, 0.2) is 0 Å². The summed E-state index contributed by atoms with van der Waals surface area (Å²) in [5, 5.41) is 3.42. The Kier molecular flexibility index (Phi) is 5.65. The molecule has 2 heterocycles. The Morgan fingerprint density at radius 2 is 2.00 bits per heavy atom. The maximum Gasteiger partial charge on any atom is 0.225 e. The highest BCUT2D eigenvalue weighted by molar-refractivity contribution is 5.85. The van der Waals surface area contributed by atoms with Crippen LogP contribution in [-0.2, 0) is 4.79 Å². The molecule has 2 fully saturated rings. The van der Waals surface area contributed by atoms with Crippen LogP contribution in [0.2, 0.25) is 0 Å². The average Bonchev–Trinajstić information content (AvgIpc) is 2.97. The average molecular weight is 309 g/mol. The summed E-state index contributed by atoms with van der Waals surface area (Å²) in [4.78, 5) is 14.7. The summed E-state index contributed by atoms with van der Waals surface area (Å²) in [6.07, 6.45) is 3.09. The summed E-state index contributed by atoms with van der Waals surface area (Å²) >= 11 is 0. The number of carbonyl (C=O) groups excluding carboxylic acids is 1. The number of amides is 1. The van der Waals surface area contributed by atoms with Gasteiger partial charge in [0, 0.05) is 31.0 Å². The van der Waals surface area contributed by atoms with Gasteiger partial charge in [0.2, 0.25) is 5.91 Å². The molecule has 1 aromatic rings. The van der Waals surface area contributed by atoms with Crippen LogP contribution in [0.1, 0.15) is 37.7 Å². The van der Waals surface area contributed by atoms with Crippen molar-refractivity contribution in [2.45, 2.75) is 38.1 Å². The van der Waals surface area contributed by atoms with E-state index in [0.717, 1.165) is 38.9 Å². The summed E-state index contributed by atoms with van der Waals surface area (Å²) in [6.45, 7) is 4.99. The molecule has 3 nitrogen and oxygen atoms in total. The van der Waals surface area contributed by atoms with E-state index in [1.165, 1.54) is 5.56 Å². The molecule has 0 aromatic heterocycles. The van der Waals surface area contributed by atoms with Gasteiger partial charge in [0.25, 0.3) is 0 Å². The van der Waals surface area contributed by atoms with Gasteiger partial charge in [-0.1, -0.05) is 30.3 Å². The third-order valence-corrected chi connectivity index (χ3v) is 4.74. The number of hydrogen-bond acceptors (Lipinski definition) is 2. The van der Waals surface area contributed by atoms with Crippen molar-refractivity contribution < 1.29 is 4.79 Å². The fourth-order valence-corrected chi connectivity index (χ4v) is 3.57. The second-order valence-corrected chi connectivity index (χ2v) is 6.26. The summed E-state index contributed by atoms with van der Waals surface area (Å²) in [5.74, 6) is 1.15. The van der Waals surface area contributed by atoms with E-state index >= 15 is 0 Å². The number of rotatable bonds is 2. The zero-order chi connectivity index (χ0) is 13.9. The molecule has 21 heavy (non-hydrogen) atoms. The van der Waals surface area contributed by atoms with Crippen molar-refractivity contribution in [1.29, 1.82) is 0 Å². The molecule has 0 aliphatic carbocycles. The van der Waals surface area contributed by atoms with E-state index in [1.807, 2.05) is 0 Å². The number of halogens is 1. The van der Waals surface area contributed by atoms with Crippen LogP contribution < -0.4 is 5.32 Å². The van der Waals surface area contributed by atoms with Crippen molar-refractivity contribution in [3.05, 3.63) is 35.9 Å². The van der Waals surface area contributed by atoms with Crippen molar-refractivity contribution in [3.8, 4) is 0 Å². The second kappa shape index (κ2) is 7.28. The topological polar surface area (TPSA) is 32.3 Å². The van der Waals surface area contributed by atoms with Crippen LogP contribution in [0.4, 0.5) is 0 Å². The van der Waals surface area contributed by atoms with Crippen LogP contribution in [0.5, 0.6) is 0 Å². The van der Waals surface area contributed by atoms with Crippen molar-refractivity contribution in [3.63, 3.8) is 0 Å². The highest BCUT2D eigenvalue weighted by atomic mass is 35.5. The normalized spacial score (nSPS) is 29.0. The van der Waals surface area contributed by atoms with Crippen LogP contribution in [0.15, 0.2) is 30.3 Å². The van der Waals surface area contributed by atoms with Gasteiger partial charge in [-0.3, -0.25) is 4.79 Å². The van der Waals surface area contributed by atoms with Gasteiger partial charge in [0.1, 0.15) is 0 Å². The Labute approximate surface area is 133 Å². The van der Waals surface area contributed by atoms with Crippen LogP contribution in [0.3, 0.4) is 0 Å². The molecule has 0 bridgehead atoms. The zero-order valence-electron chi connectivity index (χ0n) is 12.6. The molecule has 2 saturated heterocycles. The maximum atomic E-state index is 12.6. The van der Waals surface area contributed by atoms with E-state index in [1.54, 1.807) is 0 Å². The smallest absolute Gasteiger partial charge is 0.225 e. The molecule has 0 spiro atoms. The van der Waals surface area contributed by atoms with Gasteiger partial charge in [0.05, 0.1) is 0 Å². The fourth-order valence-electron chi connectivity index (χ4n) is 3.57. The Bertz CT molecular complexity index is 465. The summed E-state index contributed by atoms with van der Waals surface area (Å²) < 4.78 is 0. The molecule has 1 unspecified atom stereocenters. The lowest BCUT2D eigenvalue weighted by Crippen LogP contribution is -2.43. The fraction of sp³-hybridized carbons (Fsp3) is 0.588. The Morgan fingerprint density at radius 3 is 2.71 bits per heavy atom. The molecule has 0 saturated carbocycles. The second-order valence-electron chi connectivity index (χ2n) is 6.26. The van der Waals surface area contributed by atoms with Gasteiger partial charge in [-0.2, -0.15) is 0 Å². The predicted octanol–water partition coefficient (Wildman–Crippen LogP) is 2.81. The van der Waals surface area contributed by atoms with Crippen molar-refractivity contribution >= 4 is 18.3 Å². The molecule has 116 valence electrons. The van der Waals surface area contributed by atoms with E-state index in [9.17, 15) is 4.79 Å². The van der Waals surface area contributed by atoms with Crippen LogP contribution >= 0.6 is 12.4 Å². The largest absolute Gasteiger partial charge is 0.342 e. The number of nitrogens with zero attached hydrogens (tertiary/aromatic N) is 1. The van der Waals surface area contributed by atoms with Gasteiger partial charge in [-0.25, -0.2) is 0 Å². The van der Waals surface area contributed by atoms with Crippen molar-refractivity contribution in [2.75, 3.05) is 19.6 Å². The van der Waals surface area contributed by atoms with Gasteiger partial charge < -0.3 is 10.2 Å². The standard InChI is InChI=1S/C17H24N2O.ClH/c1-13-11-15(7-9-18-13)17(20)19-10-8-16(12-19)14-5-3-2-4-6-14;/h2-6,13,15-16,18H,7-12H2,1H3;1H/t13-,15-,16?;/m0./s1. The van der Waals surface area contributed by atoms with Crippen LogP contribution in [0, 0.1) is 5.92 Å². The number of benzene rings is 1. The van der Waals surface area contributed by atoms with E-state index < -0.39 is 0 Å². The van der Waals surface area contributed by atoms with Gasteiger partial charge in [-0.05, 0) is 38.3 Å². The van der Waals surface area contributed by atoms with E-state index in [4.69, 9.17) is 0 Å². The number of hydrogen-bond donors (Lipinski definition) is 1. The molecule has 2 aliphatic heterocycles. The Balaban J connectivity index is 0.00000161. The Hall–Kier alpha value is -1.06. The molecule has 1 amide bonds.